The molecule has 2 aliphatic rings. The van der Waals surface area contributed by atoms with Gasteiger partial charge in [-0.15, -0.1) is 5.10 Å². The fourth-order valence-electron chi connectivity index (χ4n) is 6.35. The summed E-state index contributed by atoms with van der Waals surface area (Å²) >= 11 is 0. The van der Waals surface area contributed by atoms with Crippen molar-refractivity contribution in [3.63, 3.8) is 0 Å². The lowest BCUT2D eigenvalue weighted by atomic mass is 9.81. The van der Waals surface area contributed by atoms with E-state index in [4.69, 9.17) is 15.1 Å². The molecule has 0 spiro atoms. The van der Waals surface area contributed by atoms with Crippen molar-refractivity contribution in [1.29, 1.82) is 0 Å². The molecule has 3 aromatic carbocycles. The van der Waals surface area contributed by atoms with Crippen LogP contribution in [0.5, 0.6) is 0 Å². The zero-order valence-electron chi connectivity index (χ0n) is 25.8. The zero-order valence-corrected chi connectivity index (χ0v) is 25.8. The first kappa shape index (κ1) is 29.8. The molecular weight excluding hydrogens is 580 g/mol. The van der Waals surface area contributed by atoms with E-state index in [2.05, 4.69) is 62.4 Å². The van der Waals surface area contributed by atoms with Gasteiger partial charge in [0.15, 0.2) is 17.3 Å². The van der Waals surface area contributed by atoms with Crippen LogP contribution in [-0.4, -0.2) is 50.0 Å². The van der Waals surface area contributed by atoms with Gasteiger partial charge in [-0.3, -0.25) is 9.59 Å². The number of fused-ring (bicyclic) bond motifs is 1. The number of carbonyl (C=O) groups is 2. The maximum atomic E-state index is 13.7. The van der Waals surface area contributed by atoms with Gasteiger partial charge in [-0.2, -0.15) is 0 Å². The first-order valence-corrected chi connectivity index (χ1v) is 16.1. The number of amides is 2. The summed E-state index contributed by atoms with van der Waals surface area (Å²) in [6.07, 6.45) is 6.07. The number of tetrazole rings is 1. The number of nitrogens with zero attached hydrogens (tertiary/aromatic N) is 4. The van der Waals surface area contributed by atoms with E-state index in [1.54, 1.807) is 12.1 Å². The van der Waals surface area contributed by atoms with Crippen molar-refractivity contribution in [3.05, 3.63) is 77.7 Å². The zero-order chi connectivity index (χ0) is 31.6. The van der Waals surface area contributed by atoms with Crippen LogP contribution in [0.2, 0.25) is 0 Å². The van der Waals surface area contributed by atoms with Crippen LogP contribution in [-0.2, 0) is 16.0 Å². The summed E-state index contributed by atoms with van der Waals surface area (Å²) in [6, 6.07) is 18.8. The number of oxazole rings is 1. The van der Waals surface area contributed by atoms with Gasteiger partial charge in [0.2, 0.25) is 11.8 Å². The third kappa shape index (κ3) is 6.55. The number of nitrogens with one attached hydrogen (secondary N) is 3. The Morgan fingerprint density at radius 3 is 2.39 bits per heavy atom. The second-order valence-corrected chi connectivity index (χ2v) is 12.7. The Morgan fingerprint density at radius 1 is 0.978 bits per heavy atom. The molecule has 2 fully saturated rings. The van der Waals surface area contributed by atoms with Crippen LogP contribution in [0, 0.1) is 18.8 Å². The van der Waals surface area contributed by atoms with Gasteiger partial charge in [0, 0.05) is 29.5 Å². The number of nitrogens with two attached hydrogens (primary N) is 1. The van der Waals surface area contributed by atoms with Crippen LogP contribution < -0.4 is 16.4 Å². The van der Waals surface area contributed by atoms with Gasteiger partial charge >= 0.3 is 0 Å². The van der Waals surface area contributed by atoms with Gasteiger partial charge in [0.1, 0.15) is 11.6 Å². The summed E-state index contributed by atoms with van der Waals surface area (Å²) < 4.78 is 6.00. The van der Waals surface area contributed by atoms with Gasteiger partial charge < -0.3 is 20.8 Å². The molecule has 2 heterocycles. The number of aromatic amines is 1. The van der Waals surface area contributed by atoms with Gasteiger partial charge in [-0.05, 0) is 127 Å². The minimum absolute atomic E-state index is 0.0810. The molecule has 2 aliphatic carbocycles. The van der Waals surface area contributed by atoms with Gasteiger partial charge in [0.05, 0.1) is 0 Å². The van der Waals surface area contributed by atoms with Crippen LogP contribution in [0.1, 0.15) is 61.5 Å². The summed E-state index contributed by atoms with van der Waals surface area (Å²) in [4.78, 5) is 31.8. The third-order valence-corrected chi connectivity index (χ3v) is 9.34. The molecule has 7 rings (SSSR count). The molecular formula is C35H38N8O3. The first-order valence-electron chi connectivity index (χ1n) is 16.1. The summed E-state index contributed by atoms with van der Waals surface area (Å²) in [6.45, 7) is 2.72. The van der Waals surface area contributed by atoms with Crippen LogP contribution in [0.3, 0.4) is 0 Å². The highest BCUT2D eigenvalue weighted by atomic mass is 16.3. The number of rotatable bonds is 10. The minimum atomic E-state index is -0.752. The molecule has 11 nitrogen and oxygen atoms in total. The summed E-state index contributed by atoms with van der Waals surface area (Å²) in [5.41, 5.74) is 13.2. The van der Waals surface area contributed by atoms with Crippen molar-refractivity contribution in [2.75, 3.05) is 11.9 Å². The number of benzene rings is 3. The maximum absolute atomic E-state index is 13.7. The molecule has 0 bridgehead atoms. The Morgan fingerprint density at radius 2 is 1.72 bits per heavy atom. The highest BCUT2D eigenvalue weighted by Gasteiger charge is 2.30. The van der Waals surface area contributed by atoms with Crippen molar-refractivity contribution in [1.82, 2.24) is 30.9 Å². The van der Waals surface area contributed by atoms with Crippen molar-refractivity contribution >= 4 is 28.6 Å². The van der Waals surface area contributed by atoms with Crippen LogP contribution in [0.15, 0.2) is 65.1 Å². The Hall–Kier alpha value is -4.90. The Balaban J connectivity index is 1.08. The van der Waals surface area contributed by atoms with Crippen molar-refractivity contribution < 1.29 is 14.0 Å². The predicted molar refractivity (Wildman–Crippen MR) is 175 cm³/mol. The molecule has 2 aromatic heterocycles. The van der Waals surface area contributed by atoms with E-state index < -0.39 is 6.04 Å². The molecule has 0 aliphatic heterocycles. The van der Waals surface area contributed by atoms with Crippen LogP contribution >= 0.6 is 0 Å². The molecule has 5 N–H and O–H groups in total. The topological polar surface area (TPSA) is 165 Å². The fraction of sp³-hybridized carbons (Fsp3) is 0.371. The summed E-state index contributed by atoms with van der Waals surface area (Å²) in [5.74, 6) is 1.82. The average molecular weight is 619 g/mol. The number of hydrogen-bond donors (Lipinski definition) is 4. The van der Waals surface area contributed by atoms with Gasteiger partial charge in [-0.1, -0.05) is 24.3 Å². The number of H-pyrrole nitrogens is 1. The molecule has 46 heavy (non-hydrogen) atoms. The lowest BCUT2D eigenvalue weighted by Gasteiger charge is -2.28. The maximum Gasteiger partial charge on any atom is 0.247 e. The Bertz CT molecular complexity index is 1820. The standard InChI is InChI=1S/C35H38N8O3/c1-20-16-31-29(39-35(46-31)26-10-11-26)18-28(20)23-6-2-21(3-7-23)17-30(38-33(44)25-8-4-22(19-36)5-9-25)34(45)37-27-14-12-24(13-15-27)32-40-42-43-41-32/h2-3,6-7,12-16,18,22,25-26,30H,4-5,8-11,17,19,36H2,1H3,(H,37,45)(H,38,44)(H,40,41,42,43)/t22-,25-,30-/m0/s1. The Kier molecular flexibility index (Phi) is 8.32. The van der Waals surface area contributed by atoms with E-state index in [1.807, 2.05) is 24.3 Å². The quantitative estimate of drug-likeness (QED) is 0.164. The van der Waals surface area contributed by atoms with Crippen LogP contribution in [0.4, 0.5) is 5.69 Å². The van der Waals surface area contributed by atoms with Crippen molar-refractivity contribution in [2.24, 2.45) is 17.6 Å². The van der Waals surface area contributed by atoms with Gasteiger partial charge in [-0.25, -0.2) is 10.1 Å². The van der Waals surface area contributed by atoms with E-state index in [-0.39, 0.29) is 17.7 Å². The highest BCUT2D eigenvalue weighted by Crippen LogP contribution is 2.41. The second kappa shape index (κ2) is 12.8. The molecule has 2 amide bonds. The number of hydrogen-bond acceptors (Lipinski definition) is 8. The number of carbonyl (C=O) groups excluding carboxylic acids is 2. The van der Waals surface area contributed by atoms with E-state index >= 15 is 0 Å². The molecule has 5 aromatic rings. The SMILES string of the molecule is Cc1cc2oc(C3CC3)nc2cc1-c1ccc(C[C@H](NC(=O)[C@H]2CC[C@H](CN)CC2)C(=O)Nc2ccc(-c3nnn[nH]3)cc2)cc1. The number of anilines is 1. The molecule has 2 saturated carbocycles. The minimum Gasteiger partial charge on any atom is -0.440 e. The lowest BCUT2D eigenvalue weighted by Crippen LogP contribution is -2.48. The van der Waals surface area contributed by atoms with Crippen molar-refractivity contribution in [2.45, 2.75) is 63.8 Å². The molecule has 0 radical (unpaired) electrons. The second-order valence-electron chi connectivity index (χ2n) is 12.7. The molecule has 1 atom stereocenters. The van der Waals surface area contributed by atoms with E-state index in [9.17, 15) is 9.59 Å². The highest BCUT2D eigenvalue weighted by molar-refractivity contribution is 5.97. The summed E-state index contributed by atoms with van der Waals surface area (Å²) in [7, 11) is 0. The molecule has 236 valence electrons. The van der Waals surface area contributed by atoms with E-state index in [0.717, 1.165) is 83.3 Å². The smallest absolute Gasteiger partial charge is 0.247 e. The monoisotopic (exact) mass is 618 g/mol. The predicted octanol–water partition coefficient (Wildman–Crippen LogP) is 5.29. The average Bonchev–Trinajstić information content (AvgIpc) is 3.62. The third-order valence-electron chi connectivity index (χ3n) is 9.34. The first-order chi connectivity index (χ1) is 22.4. The molecule has 0 saturated heterocycles. The Labute approximate surface area is 266 Å². The lowest BCUT2D eigenvalue weighted by molar-refractivity contribution is -0.130. The van der Waals surface area contributed by atoms with Crippen LogP contribution in [0.25, 0.3) is 33.6 Å². The number of aromatic nitrogens is 5. The molecule has 0 unspecified atom stereocenters. The summed E-state index contributed by atoms with van der Waals surface area (Å²) in [5, 5.41) is 19.9. The normalized spacial score (nSPS) is 18.7. The largest absolute Gasteiger partial charge is 0.440 e. The van der Waals surface area contributed by atoms with Gasteiger partial charge in [0.25, 0.3) is 0 Å². The van der Waals surface area contributed by atoms with E-state index in [0.29, 0.717) is 36.3 Å². The molecule has 11 heteroatoms. The number of aryl methyl sites for hydroxylation is 1. The van der Waals surface area contributed by atoms with E-state index in [1.165, 1.54) is 0 Å². The fourth-order valence-corrected chi connectivity index (χ4v) is 6.35. The van der Waals surface area contributed by atoms with Crippen molar-refractivity contribution in [3.8, 4) is 22.5 Å².